The van der Waals surface area contributed by atoms with Gasteiger partial charge in [0.25, 0.3) is 5.91 Å². The monoisotopic (exact) mass is 461 g/mol. The minimum absolute atomic E-state index is 0.154. The predicted molar refractivity (Wildman–Crippen MR) is 112 cm³/mol. The summed E-state index contributed by atoms with van der Waals surface area (Å²) in [4.78, 5) is 23.5. The lowest BCUT2D eigenvalue weighted by Gasteiger charge is -2.09. The molecule has 3 aromatic rings. The van der Waals surface area contributed by atoms with Gasteiger partial charge in [-0.2, -0.15) is 8.78 Å². The fourth-order valence-corrected chi connectivity index (χ4v) is 3.25. The Balaban J connectivity index is 1.51. The number of carbonyl (C=O) groups excluding carboxylic acids is 2. The number of alkyl halides is 2. The fourth-order valence-electron chi connectivity index (χ4n) is 2.53. The number of sulfone groups is 1. The van der Waals surface area contributed by atoms with Crippen LogP contribution in [0.25, 0.3) is 0 Å². The molecule has 32 heavy (non-hydrogen) atoms. The number of rotatable bonds is 8. The molecule has 3 aromatic carbocycles. The third-order valence-corrected chi connectivity index (χ3v) is 5.50. The van der Waals surface area contributed by atoms with Gasteiger partial charge in [-0.15, -0.1) is 0 Å². The average molecular weight is 461 g/mol. The van der Waals surface area contributed by atoms with Crippen molar-refractivity contribution in [1.82, 2.24) is 0 Å². The molecule has 7 nitrogen and oxygen atoms in total. The van der Waals surface area contributed by atoms with E-state index in [4.69, 9.17) is 9.47 Å². The molecule has 0 heterocycles. The van der Waals surface area contributed by atoms with Crippen molar-refractivity contribution in [3.8, 4) is 11.5 Å². The van der Waals surface area contributed by atoms with Crippen molar-refractivity contribution < 1.29 is 36.3 Å². The van der Waals surface area contributed by atoms with E-state index in [2.05, 4.69) is 5.32 Å². The number of hydrogen-bond donors (Lipinski definition) is 1. The first-order valence-electron chi connectivity index (χ1n) is 9.18. The van der Waals surface area contributed by atoms with Gasteiger partial charge in [0.15, 0.2) is 6.61 Å². The van der Waals surface area contributed by atoms with Gasteiger partial charge in [-0.1, -0.05) is 18.2 Å². The first-order valence-corrected chi connectivity index (χ1v) is 10.7. The molecule has 0 bridgehead atoms. The SMILES string of the molecule is O=C(COC(=O)c1ccc(Oc2ccccc2)cc1)Nc1ccc(S(=O)(=O)C(F)F)cc1. The predicted octanol–water partition coefficient (Wildman–Crippen LogP) is 4.27. The molecule has 0 aliphatic carbocycles. The maximum Gasteiger partial charge on any atom is 0.341 e. The van der Waals surface area contributed by atoms with Gasteiger partial charge in [0.2, 0.25) is 9.84 Å². The Kier molecular flexibility index (Phi) is 7.16. The highest BCUT2D eigenvalue weighted by Crippen LogP contribution is 2.22. The first kappa shape index (κ1) is 22.9. The average Bonchev–Trinajstić information content (AvgIpc) is 2.79. The topological polar surface area (TPSA) is 98.8 Å². The maximum absolute atomic E-state index is 12.5. The van der Waals surface area contributed by atoms with E-state index in [0.29, 0.717) is 11.5 Å². The van der Waals surface area contributed by atoms with Crippen molar-refractivity contribution in [3.05, 3.63) is 84.4 Å². The smallest absolute Gasteiger partial charge is 0.341 e. The standard InChI is InChI=1S/C22H17F2NO6S/c23-22(24)32(28,29)19-12-8-16(9-13-19)25-20(26)14-30-21(27)15-6-10-18(11-7-15)31-17-4-2-1-3-5-17/h1-13,22H,14H2,(H,25,26). The van der Waals surface area contributed by atoms with E-state index in [1.165, 1.54) is 12.1 Å². The third-order valence-electron chi connectivity index (χ3n) is 4.10. The van der Waals surface area contributed by atoms with Crippen molar-refractivity contribution >= 4 is 27.4 Å². The highest BCUT2D eigenvalue weighted by molar-refractivity contribution is 7.91. The number of ether oxygens (including phenoxy) is 2. The molecule has 0 unspecified atom stereocenters. The Morgan fingerprint density at radius 2 is 1.44 bits per heavy atom. The van der Waals surface area contributed by atoms with Crippen LogP contribution in [0.5, 0.6) is 11.5 Å². The summed E-state index contributed by atoms with van der Waals surface area (Å²) in [5.74, 6) is -3.81. The lowest BCUT2D eigenvalue weighted by atomic mass is 10.2. The van der Waals surface area contributed by atoms with Crippen molar-refractivity contribution in [1.29, 1.82) is 0 Å². The van der Waals surface area contributed by atoms with Gasteiger partial charge >= 0.3 is 11.7 Å². The van der Waals surface area contributed by atoms with E-state index in [0.717, 1.165) is 24.3 Å². The molecule has 0 spiro atoms. The van der Waals surface area contributed by atoms with Gasteiger partial charge in [-0.05, 0) is 60.7 Å². The number of amides is 1. The summed E-state index contributed by atoms with van der Waals surface area (Å²) in [6, 6.07) is 19.4. The summed E-state index contributed by atoms with van der Waals surface area (Å²) in [5, 5.41) is 2.37. The highest BCUT2D eigenvalue weighted by atomic mass is 32.2. The van der Waals surface area contributed by atoms with E-state index in [9.17, 15) is 26.8 Å². The molecule has 3 rings (SSSR count). The maximum atomic E-state index is 12.5. The van der Waals surface area contributed by atoms with Crippen molar-refractivity contribution in [2.45, 2.75) is 10.7 Å². The molecule has 10 heteroatoms. The van der Waals surface area contributed by atoms with Crippen LogP contribution < -0.4 is 10.1 Å². The number of benzene rings is 3. The zero-order chi connectivity index (χ0) is 23.1. The van der Waals surface area contributed by atoms with Crippen LogP contribution in [0.1, 0.15) is 10.4 Å². The van der Waals surface area contributed by atoms with E-state index in [-0.39, 0.29) is 11.3 Å². The summed E-state index contributed by atoms with van der Waals surface area (Å²) in [6.45, 7) is -0.599. The van der Waals surface area contributed by atoms with Crippen molar-refractivity contribution in [2.24, 2.45) is 0 Å². The van der Waals surface area contributed by atoms with Crippen molar-refractivity contribution in [2.75, 3.05) is 11.9 Å². The number of para-hydroxylation sites is 1. The Morgan fingerprint density at radius 3 is 2.03 bits per heavy atom. The lowest BCUT2D eigenvalue weighted by molar-refractivity contribution is -0.119. The molecule has 1 amide bonds. The van der Waals surface area contributed by atoms with E-state index in [1.54, 1.807) is 24.3 Å². The number of anilines is 1. The Bertz CT molecular complexity index is 1180. The molecule has 0 saturated heterocycles. The highest BCUT2D eigenvalue weighted by Gasteiger charge is 2.26. The molecule has 166 valence electrons. The summed E-state index contributed by atoms with van der Waals surface area (Å²) < 4.78 is 58.4. The van der Waals surface area contributed by atoms with Gasteiger partial charge in [0.1, 0.15) is 11.5 Å². The molecular formula is C22H17F2NO6S. The van der Waals surface area contributed by atoms with Crippen LogP contribution in [0.2, 0.25) is 0 Å². The third kappa shape index (κ3) is 5.88. The number of nitrogens with one attached hydrogen (secondary N) is 1. The quantitative estimate of drug-likeness (QED) is 0.503. The van der Waals surface area contributed by atoms with Crippen LogP contribution in [-0.2, 0) is 19.4 Å². The summed E-state index contributed by atoms with van der Waals surface area (Å²) in [7, 11) is -4.72. The van der Waals surface area contributed by atoms with Crippen LogP contribution in [0.15, 0.2) is 83.8 Å². The largest absolute Gasteiger partial charge is 0.457 e. The normalized spacial score (nSPS) is 11.1. The molecule has 0 aromatic heterocycles. The second kappa shape index (κ2) is 10.0. The molecule has 0 radical (unpaired) electrons. The molecule has 0 aliphatic rings. The summed E-state index contributed by atoms with van der Waals surface area (Å²) in [5.41, 5.74) is 0.362. The van der Waals surface area contributed by atoms with Crippen LogP contribution in [-0.4, -0.2) is 32.7 Å². The number of esters is 1. The van der Waals surface area contributed by atoms with E-state index < -0.39 is 39.0 Å². The van der Waals surface area contributed by atoms with Crippen molar-refractivity contribution in [3.63, 3.8) is 0 Å². The molecule has 0 aliphatic heterocycles. The van der Waals surface area contributed by atoms with E-state index >= 15 is 0 Å². The van der Waals surface area contributed by atoms with Crippen LogP contribution in [0.4, 0.5) is 14.5 Å². The van der Waals surface area contributed by atoms with E-state index in [1.807, 2.05) is 18.2 Å². The minimum Gasteiger partial charge on any atom is -0.457 e. The minimum atomic E-state index is -4.72. The zero-order valence-corrected chi connectivity index (χ0v) is 17.2. The second-order valence-corrected chi connectivity index (χ2v) is 8.31. The fraction of sp³-hybridized carbons (Fsp3) is 0.0909. The Morgan fingerprint density at radius 1 is 0.844 bits per heavy atom. The summed E-state index contributed by atoms with van der Waals surface area (Å²) >= 11 is 0. The number of hydrogen-bond acceptors (Lipinski definition) is 6. The van der Waals surface area contributed by atoms with Gasteiger partial charge < -0.3 is 14.8 Å². The van der Waals surface area contributed by atoms with Crippen LogP contribution >= 0.6 is 0 Å². The van der Waals surface area contributed by atoms with Crippen LogP contribution in [0, 0.1) is 0 Å². The Labute approximate surface area is 182 Å². The summed E-state index contributed by atoms with van der Waals surface area (Å²) in [6.07, 6.45) is 0. The molecule has 0 atom stereocenters. The van der Waals surface area contributed by atoms with Gasteiger partial charge in [0, 0.05) is 5.69 Å². The first-order chi connectivity index (χ1) is 15.3. The van der Waals surface area contributed by atoms with Crippen LogP contribution in [0.3, 0.4) is 0 Å². The molecule has 0 saturated carbocycles. The Hall–Kier alpha value is -3.79. The lowest BCUT2D eigenvalue weighted by Crippen LogP contribution is -2.21. The molecule has 1 N–H and O–H groups in total. The number of carbonyl (C=O) groups is 2. The second-order valence-electron chi connectivity index (χ2n) is 6.39. The molecule has 0 fully saturated rings. The van der Waals surface area contributed by atoms with Gasteiger partial charge in [0.05, 0.1) is 10.5 Å². The van der Waals surface area contributed by atoms with Gasteiger partial charge in [-0.3, -0.25) is 4.79 Å². The van der Waals surface area contributed by atoms with Gasteiger partial charge in [-0.25, -0.2) is 13.2 Å². The zero-order valence-electron chi connectivity index (χ0n) is 16.4. The number of halogens is 2. The molecular weight excluding hydrogens is 444 g/mol.